The third kappa shape index (κ3) is 3.30. The summed E-state index contributed by atoms with van der Waals surface area (Å²) in [7, 11) is 1.91. The van der Waals surface area contributed by atoms with E-state index in [1.165, 1.54) is 12.3 Å². The predicted octanol–water partition coefficient (Wildman–Crippen LogP) is 1.70. The fraction of sp³-hybridized carbons (Fsp3) is 0.385. The lowest BCUT2D eigenvalue weighted by atomic mass is 10.2. The highest BCUT2D eigenvalue weighted by molar-refractivity contribution is 6.33. The summed E-state index contributed by atoms with van der Waals surface area (Å²) < 4.78 is 1.93. The Morgan fingerprint density at radius 1 is 1.48 bits per heavy atom. The van der Waals surface area contributed by atoms with Gasteiger partial charge in [-0.05, 0) is 6.07 Å². The first kappa shape index (κ1) is 15.2. The van der Waals surface area contributed by atoms with Crippen molar-refractivity contribution in [2.45, 2.75) is 26.3 Å². The van der Waals surface area contributed by atoms with Gasteiger partial charge in [0.2, 0.25) is 5.91 Å². The van der Waals surface area contributed by atoms with Gasteiger partial charge in [0.1, 0.15) is 11.6 Å². The molecular weight excluding hydrogens is 292 g/mol. The Morgan fingerprint density at radius 2 is 2.19 bits per heavy atom. The van der Waals surface area contributed by atoms with E-state index in [9.17, 15) is 4.79 Å². The summed E-state index contributed by atoms with van der Waals surface area (Å²) in [5.41, 5.74) is 5.44. The quantitative estimate of drug-likeness (QED) is 0.876. The van der Waals surface area contributed by atoms with Crippen molar-refractivity contribution in [3.05, 3.63) is 34.5 Å². The lowest BCUT2D eigenvalue weighted by molar-refractivity contribution is 0.1000. The van der Waals surface area contributed by atoms with E-state index in [0.717, 1.165) is 11.6 Å². The van der Waals surface area contributed by atoms with Gasteiger partial charge in [-0.2, -0.15) is 0 Å². The number of halogens is 1. The van der Waals surface area contributed by atoms with Crippen molar-refractivity contribution in [2.75, 3.05) is 5.32 Å². The molecule has 3 N–H and O–H groups in total. The second-order valence-electron chi connectivity index (χ2n) is 4.96. The summed E-state index contributed by atoms with van der Waals surface area (Å²) in [5, 5.41) is 11.7. The molecule has 0 saturated heterocycles. The third-order valence-electron chi connectivity index (χ3n) is 3.05. The Bertz CT molecular complexity index is 667. The Labute approximate surface area is 127 Å². The molecule has 0 spiro atoms. The van der Waals surface area contributed by atoms with Crippen LogP contribution in [0.2, 0.25) is 5.02 Å². The van der Waals surface area contributed by atoms with E-state index in [1.807, 2.05) is 11.6 Å². The highest BCUT2D eigenvalue weighted by Crippen LogP contribution is 2.20. The van der Waals surface area contributed by atoms with E-state index in [4.69, 9.17) is 17.3 Å². The van der Waals surface area contributed by atoms with Gasteiger partial charge < -0.3 is 15.6 Å². The first-order valence-electron chi connectivity index (χ1n) is 6.47. The van der Waals surface area contributed by atoms with Crippen LogP contribution in [0.15, 0.2) is 12.3 Å². The Morgan fingerprint density at radius 3 is 2.71 bits per heavy atom. The van der Waals surface area contributed by atoms with E-state index in [1.54, 1.807) is 0 Å². The number of hydrogen-bond acceptors (Lipinski definition) is 5. The molecule has 1 amide bonds. The lowest BCUT2D eigenvalue weighted by Gasteiger charge is -2.09. The fourth-order valence-electron chi connectivity index (χ4n) is 1.90. The van der Waals surface area contributed by atoms with Crippen LogP contribution in [0.3, 0.4) is 0 Å². The monoisotopic (exact) mass is 308 g/mol. The highest BCUT2D eigenvalue weighted by Gasteiger charge is 2.12. The summed E-state index contributed by atoms with van der Waals surface area (Å²) in [4.78, 5) is 15.1. The number of primary amides is 1. The molecule has 0 aliphatic rings. The molecule has 112 valence electrons. The second kappa shape index (κ2) is 6.09. The minimum absolute atomic E-state index is 0.270. The molecule has 0 bridgehead atoms. The van der Waals surface area contributed by atoms with Gasteiger partial charge in [0.25, 0.3) is 0 Å². The van der Waals surface area contributed by atoms with Crippen LogP contribution in [0.25, 0.3) is 0 Å². The standard InChI is InChI=1S/C13H17ClN6O/c1-7(2)13-19-18-10(20(13)3)6-17-12-9(14)4-8(5-16-12)11(15)21/h4-5,7H,6H2,1-3H3,(H2,15,21)(H,16,17). The van der Waals surface area contributed by atoms with E-state index in [-0.39, 0.29) is 5.56 Å². The van der Waals surface area contributed by atoms with Gasteiger partial charge in [-0.1, -0.05) is 25.4 Å². The zero-order chi connectivity index (χ0) is 15.6. The number of anilines is 1. The van der Waals surface area contributed by atoms with Crippen molar-refractivity contribution >= 4 is 23.3 Å². The zero-order valence-corrected chi connectivity index (χ0v) is 12.8. The molecule has 0 aliphatic heterocycles. The minimum Gasteiger partial charge on any atom is -0.366 e. The number of nitrogens with zero attached hydrogens (tertiary/aromatic N) is 4. The molecular formula is C13H17ClN6O. The molecule has 0 radical (unpaired) electrons. The number of aromatic nitrogens is 4. The van der Waals surface area contributed by atoms with Gasteiger partial charge in [0, 0.05) is 19.2 Å². The highest BCUT2D eigenvalue weighted by atomic mass is 35.5. The van der Waals surface area contributed by atoms with Crippen LogP contribution in [-0.2, 0) is 13.6 Å². The van der Waals surface area contributed by atoms with Gasteiger partial charge in [-0.25, -0.2) is 4.98 Å². The number of carbonyl (C=O) groups excluding carboxylic acids is 1. The number of carbonyl (C=O) groups is 1. The van der Waals surface area contributed by atoms with E-state index >= 15 is 0 Å². The number of pyridine rings is 1. The number of nitrogens with one attached hydrogen (secondary N) is 1. The van der Waals surface area contributed by atoms with Gasteiger partial charge >= 0.3 is 0 Å². The summed E-state index contributed by atoms with van der Waals surface area (Å²) in [5.74, 6) is 1.89. The molecule has 21 heavy (non-hydrogen) atoms. The van der Waals surface area contributed by atoms with Gasteiger partial charge in [-0.3, -0.25) is 4.79 Å². The van der Waals surface area contributed by atoms with Crippen molar-refractivity contribution in [3.8, 4) is 0 Å². The third-order valence-corrected chi connectivity index (χ3v) is 3.34. The molecule has 2 aromatic heterocycles. The normalized spacial score (nSPS) is 10.9. The van der Waals surface area contributed by atoms with Crippen LogP contribution in [0, 0.1) is 0 Å². The summed E-state index contributed by atoms with van der Waals surface area (Å²) in [6.07, 6.45) is 1.38. The smallest absolute Gasteiger partial charge is 0.250 e. The molecule has 0 unspecified atom stereocenters. The van der Waals surface area contributed by atoms with Crippen LogP contribution in [0.4, 0.5) is 5.82 Å². The molecule has 2 aromatic rings. The first-order valence-corrected chi connectivity index (χ1v) is 6.85. The van der Waals surface area contributed by atoms with Crippen molar-refractivity contribution < 1.29 is 4.79 Å². The van der Waals surface area contributed by atoms with Crippen molar-refractivity contribution in [1.82, 2.24) is 19.7 Å². The Hall–Kier alpha value is -2.15. The van der Waals surface area contributed by atoms with Gasteiger partial charge in [0.05, 0.1) is 17.1 Å². The maximum Gasteiger partial charge on any atom is 0.250 e. The molecule has 0 aliphatic carbocycles. The molecule has 0 aromatic carbocycles. The second-order valence-corrected chi connectivity index (χ2v) is 5.37. The molecule has 2 rings (SSSR count). The van der Waals surface area contributed by atoms with Crippen LogP contribution in [0.5, 0.6) is 0 Å². The fourth-order valence-corrected chi connectivity index (χ4v) is 2.13. The number of nitrogens with two attached hydrogens (primary N) is 1. The summed E-state index contributed by atoms with van der Waals surface area (Å²) in [6, 6.07) is 1.48. The summed E-state index contributed by atoms with van der Waals surface area (Å²) >= 11 is 6.06. The van der Waals surface area contributed by atoms with Crippen LogP contribution < -0.4 is 11.1 Å². The maximum atomic E-state index is 11.0. The van der Waals surface area contributed by atoms with Gasteiger partial charge in [0.15, 0.2) is 5.82 Å². The SMILES string of the molecule is CC(C)c1nnc(CNc2ncc(C(N)=O)cc2Cl)n1C. The number of hydrogen-bond donors (Lipinski definition) is 2. The van der Waals surface area contributed by atoms with Gasteiger partial charge in [-0.15, -0.1) is 10.2 Å². The average molecular weight is 309 g/mol. The zero-order valence-electron chi connectivity index (χ0n) is 12.1. The largest absolute Gasteiger partial charge is 0.366 e. The molecule has 8 heteroatoms. The van der Waals surface area contributed by atoms with Crippen LogP contribution >= 0.6 is 11.6 Å². The van der Waals surface area contributed by atoms with Crippen LogP contribution in [-0.4, -0.2) is 25.7 Å². The molecule has 7 nitrogen and oxygen atoms in total. The molecule has 0 fully saturated rings. The van der Waals surface area contributed by atoms with Crippen molar-refractivity contribution in [2.24, 2.45) is 12.8 Å². The lowest BCUT2D eigenvalue weighted by Crippen LogP contribution is -2.13. The maximum absolute atomic E-state index is 11.0. The molecule has 0 atom stereocenters. The number of rotatable bonds is 5. The minimum atomic E-state index is -0.564. The van der Waals surface area contributed by atoms with E-state index in [0.29, 0.717) is 23.3 Å². The van der Waals surface area contributed by atoms with E-state index < -0.39 is 5.91 Å². The average Bonchev–Trinajstić information content (AvgIpc) is 2.78. The Kier molecular flexibility index (Phi) is 4.42. The molecule has 0 saturated carbocycles. The topological polar surface area (TPSA) is 98.7 Å². The van der Waals surface area contributed by atoms with E-state index in [2.05, 4.69) is 34.3 Å². The summed E-state index contributed by atoms with van der Waals surface area (Å²) in [6.45, 7) is 4.54. The van der Waals surface area contributed by atoms with Crippen LogP contribution in [0.1, 0.15) is 41.8 Å². The first-order chi connectivity index (χ1) is 9.90. The van der Waals surface area contributed by atoms with Crippen molar-refractivity contribution in [3.63, 3.8) is 0 Å². The number of amides is 1. The Balaban J connectivity index is 2.12. The van der Waals surface area contributed by atoms with Crippen molar-refractivity contribution in [1.29, 1.82) is 0 Å². The predicted molar refractivity (Wildman–Crippen MR) is 80.2 cm³/mol. The molecule has 2 heterocycles.